The minimum absolute atomic E-state index is 0.0310. The van der Waals surface area contributed by atoms with Gasteiger partial charge in [-0.1, -0.05) is 48.5 Å². The molecule has 0 amide bonds. The molecule has 0 aliphatic carbocycles. The lowest BCUT2D eigenvalue weighted by Gasteiger charge is -2.07. The third-order valence-electron chi connectivity index (χ3n) is 8.15. The summed E-state index contributed by atoms with van der Waals surface area (Å²) >= 11 is 0. The maximum atomic E-state index is 11.8. The van der Waals surface area contributed by atoms with Gasteiger partial charge >= 0.3 is 0 Å². The largest absolute Gasteiger partial charge is 0.507 e. The van der Waals surface area contributed by atoms with E-state index in [2.05, 4.69) is 25.1 Å². The Hall–Kier alpha value is -8.26. The number of carbonyl (C=O) groups is 2. The van der Waals surface area contributed by atoms with Gasteiger partial charge in [0.25, 0.3) is 18.5 Å². The van der Waals surface area contributed by atoms with Gasteiger partial charge in [-0.3, -0.25) is 14.4 Å². The number of phenolic OH excluding ortho intramolecular Hbond substituents is 3. The predicted molar refractivity (Wildman–Crippen MR) is 212 cm³/mol. The molecule has 14 heteroatoms. The molecule has 0 aliphatic rings. The number of hydrogen-bond acceptors (Lipinski definition) is 13. The smallest absolute Gasteiger partial charge is 0.298 e. The van der Waals surface area contributed by atoms with Crippen molar-refractivity contribution in [3.63, 3.8) is 0 Å². The Morgan fingerprint density at radius 3 is 1.68 bits per heavy atom. The van der Waals surface area contributed by atoms with E-state index in [1.165, 1.54) is 6.07 Å². The maximum absolute atomic E-state index is 11.8. The lowest BCUT2D eigenvalue weighted by Crippen LogP contribution is -2.06. The van der Waals surface area contributed by atoms with Crippen molar-refractivity contribution < 1.29 is 38.8 Å². The molecule has 14 nitrogen and oxygen atoms in total. The Kier molecular flexibility index (Phi) is 12.3. The Morgan fingerprint density at radius 1 is 0.614 bits per heavy atom. The van der Waals surface area contributed by atoms with E-state index in [4.69, 9.17) is 9.15 Å². The Morgan fingerprint density at radius 2 is 1.12 bits per heavy atom. The molecule has 0 saturated heterocycles. The average Bonchev–Trinajstić information content (AvgIpc) is 3.68. The SMILES string of the molecule is CNc1ccc(OC=O)cc1.O=COc1ccc(-n2nc(-c3ccccc3O)nc2-c2ccccc2O)cc1.O=c1nc(-c2ccccc2O)oc2ccccc12. The van der Waals surface area contributed by atoms with Crippen LogP contribution in [0.1, 0.15) is 0 Å². The number of ether oxygens (including phenoxy) is 2. The molecule has 284 valence electrons. The first-order valence-electron chi connectivity index (χ1n) is 17.1. The fourth-order valence-corrected chi connectivity index (χ4v) is 5.36. The summed E-state index contributed by atoms with van der Waals surface area (Å²) in [6.07, 6.45) is 0. The summed E-state index contributed by atoms with van der Waals surface area (Å²) in [6.45, 7) is 0.766. The Bertz CT molecular complexity index is 2680. The number of benzene rings is 6. The maximum Gasteiger partial charge on any atom is 0.298 e. The molecule has 8 aromatic rings. The summed E-state index contributed by atoms with van der Waals surface area (Å²) < 4.78 is 16.5. The fraction of sp³-hybridized carbons (Fsp3) is 0.0233. The van der Waals surface area contributed by atoms with Crippen LogP contribution >= 0.6 is 0 Å². The molecule has 6 aromatic carbocycles. The minimum atomic E-state index is -0.366. The highest BCUT2D eigenvalue weighted by atomic mass is 16.5. The summed E-state index contributed by atoms with van der Waals surface area (Å²) in [4.78, 5) is 40.6. The van der Waals surface area contributed by atoms with Crippen LogP contribution in [0.25, 0.3) is 50.9 Å². The monoisotopic (exact) mass is 763 g/mol. The second-order valence-electron chi connectivity index (χ2n) is 11.7. The van der Waals surface area contributed by atoms with E-state index in [9.17, 15) is 29.7 Å². The van der Waals surface area contributed by atoms with Crippen LogP contribution in [0.5, 0.6) is 28.7 Å². The number of hydrogen-bond donors (Lipinski definition) is 4. The normalized spacial score (nSPS) is 10.3. The topological polar surface area (TPSA) is 199 Å². The van der Waals surface area contributed by atoms with Crippen LogP contribution in [0.4, 0.5) is 5.69 Å². The van der Waals surface area contributed by atoms with Gasteiger partial charge in [0.15, 0.2) is 11.6 Å². The summed E-state index contributed by atoms with van der Waals surface area (Å²) in [5, 5.41) is 38.1. The molecule has 8 rings (SSSR count). The van der Waals surface area contributed by atoms with E-state index in [1.54, 1.807) is 132 Å². The fourth-order valence-electron chi connectivity index (χ4n) is 5.36. The number of aromatic hydroxyl groups is 3. The molecule has 0 saturated carbocycles. The van der Waals surface area contributed by atoms with Gasteiger partial charge in [-0.15, -0.1) is 5.10 Å². The van der Waals surface area contributed by atoms with E-state index < -0.39 is 0 Å². The lowest BCUT2D eigenvalue weighted by molar-refractivity contribution is -0.121. The first kappa shape index (κ1) is 38.5. The van der Waals surface area contributed by atoms with Gasteiger partial charge < -0.3 is 34.5 Å². The zero-order chi connectivity index (χ0) is 40.1. The highest BCUT2D eigenvalue weighted by Crippen LogP contribution is 2.34. The van der Waals surface area contributed by atoms with E-state index in [1.807, 2.05) is 19.2 Å². The van der Waals surface area contributed by atoms with Crippen LogP contribution in [-0.2, 0) is 9.59 Å². The highest BCUT2D eigenvalue weighted by Gasteiger charge is 2.19. The van der Waals surface area contributed by atoms with Gasteiger partial charge in [-0.05, 0) is 97.1 Å². The van der Waals surface area contributed by atoms with E-state index >= 15 is 0 Å². The third kappa shape index (κ3) is 9.28. The van der Waals surface area contributed by atoms with E-state index in [0.29, 0.717) is 69.4 Å². The standard InChI is InChI=1S/C21H15N3O4.C14H9NO3.C8H9NO2/c25-13-28-15-11-9-14(10-12-15)24-21(17-6-2-4-8-19(17)27)22-20(23-24)16-5-1-3-7-18(16)26;16-11-7-3-1-5-9(11)14-15-13(17)10-6-2-4-8-12(10)18-14;1-9-7-2-4-8(5-3-7)11-6-10/h1-13,26-27H;1-8,16H;2-6,9H,1H3. The van der Waals surface area contributed by atoms with Crippen LogP contribution in [0, 0.1) is 0 Å². The number of aromatic nitrogens is 4. The van der Waals surface area contributed by atoms with Crippen molar-refractivity contribution in [2.24, 2.45) is 0 Å². The van der Waals surface area contributed by atoms with Crippen molar-refractivity contribution in [3.8, 4) is 68.7 Å². The number of fused-ring (bicyclic) bond motifs is 1. The van der Waals surface area contributed by atoms with Crippen LogP contribution in [0.2, 0.25) is 0 Å². The zero-order valence-electron chi connectivity index (χ0n) is 30.1. The first-order chi connectivity index (χ1) is 27.8. The predicted octanol–water partition coefficient (Wildman–Crippen LogP) is 7.37. The van der Waals surface area contributed by atoms with Crippen molar-refractivity contribution in [2.45, 2.75) is 0 Å². The first-order valence-corrected chi connectivity index (χ1v) is 17.1. The van der Waals surface area contributed by atoms with Crippen LogP contribution in [0.3, 0.4) is 0 Å². The van der Waals surface area contributed by atoms with Gasteiger partial charge in [0, 0.05) is 12.7 Å². The number of carbonyl (C=O) groups excluding carboxylic acids is 2. The molecule has 0 unspecified atom stereocenters. The third-order valence-corrected chi connectivity index (χ3v) is 8.15. The van der Waals surface area contributed by atoms with Gasteiger partial charge in [0.2, 0.25) is 5.89 Å². The number of nitrogens with one attached hydrogen (secondary N) is 1. The Labute approximate surface area is 324 Å². The molecule has 0 atom stereocenters. The molecule has 2 aromatic heterocycles. The molecule has 0 bridgehead atoms. The molecule has 0 radical (unpaired) electrons. The van der Waals surface area contributed by atoms with Gasteiger partial charge in [0.1, 0.15) is 34.3 Å². The second-order valence-corrected chi connectivity index (χ2v) is 11.7. The van der Waals surface area contributed by atoms with Gasteiger partial charge in [-0.25, -0.2) is 9.67 Å². The minimum Gasteiger partial charge on any atom is -0.507 e. The number of para-hydroxylation sites is 4. The van der Waals surface area contributed by atoms with E-state index in [-0.39, 0.29) is 28.7 Å². The van der Waals surface area contributed by atoms with E-state index in [0.717, 1.165) is 5.69 Å². The van der Waals surface area contributed by atoms with Crippen molar-refractivity contribution in [1.29, 1.82) is 0 Å². The number of rotatable bonds is 9. The van der Waals surface area contributed by atoms with Crippen molar-refractivity contribution >= 4 is 29.6 Å². The zero-order valence-corrected chi connectivity index (χ0v) is 30.1. The molecule has 0 spiro atoms. The summed E-state index contributed by atoms with van der Waals surface area (Å²) in [6, 6.07) is 40.8. The number of phenols is 3. The average molecular weight is 764 g/mol. The summed E-state index contributed by atoms with van der Waals surface area (Å²) in [7, 11) is 1.83. The molecule has 0 fully saturated rings. The van der Waals surface area contributed by atoms with Gasteiger partial charge in [0.05, 0.1) is 27.8 Å². The molecule has 2 heterocycles. The summed E-state index contributed by atoms with van der Waals surface area (Å²) in [5.41, 5.74) is 3.09. The van der Waals surface area contributed by atoms with Crippen LogP contribution < -0.4 is 20.3 Å². The van der Waals surface area contributed by atoms with Crippen molar-refractivity contribution in [3.05, 3.63) is 156 Å². The van der Waals surface area contributed by atoms with Crippen LogP contribution in [0.15, 0.2) is 155 Å². The highest BCUT2D eigenvalue weighted by molar-refractivity contribution is 5.77. The summed E-state index contributed by atoms with van der Waals surface area (Å²) in [5.74, 6) is 1.92. The van der Waals surface area contributed by atoms with Crippen LogP contribution in [-0.4, -0.2) is 55.1 Å². The molecule has 4 N–H and O–H groups in total. The van der Waals surface area contributed by atoms with Gasteiger partial charge in [-0.2, -0.15) is 4.98 Å². The molecular formula is C43H33N5O9. The molecule has 0 aliphatic heterocycles. The second kappa shape index (κ2) is 18.2. The number of nitrogens with zero attached hydrogens (tertiary/aromatic N) is 4. The Balaban J connectivity index is 0.000000161. The quantitative estimate of drug-likeness (QED) is 0.106. The molecular weight excluding hydrogens is 730 g/mol. The van der Waals surface area contributed by atoms with Crippen molar-refractivity contribution in [2.75, 3.05) is 12.4 Å². The van der Waals surface area contributed by atoms with Crippen molar-refractivity contribution in [1.82, 2.24) is 19.7 Å². The number of anilines is 1. The molecule has 57 heavy (non-hydrogen) atoms. The lowest BCUT2D eigenvalue weighted by atomic mass is 10.1.